The summed E-state index contributed by atoms with van der Waals surface area (Å²) in [5, 5.41) is 8.50. The number of thiazole rings is 1. The van der Waals surface area contributed by atoms with Crippen LogP contribution in [0.1, 0.15) is 44.5 Å². The summed E-state index contributed by atoms with van der Waals surface area (Å²) in [6, 6.07) is 7.61. The van der Waals surface area contributed by atoms with Crippen LogP contribution in [0.25, 0.3) is 11.3 Å². The number of nitrogens with zero attached hydrogens (tertiary/aromatic N) is 2. The number of halogens is 1. The van der Waals surface area contributed by atoms with Gasteiger partial charge in [-0.05, 0) is 44.7 Å². The minimum Gasteiger partial charge on any atom is -0.350 e. The van der Waals surface area contributed by atoms with Crippen molar-refractivity contribution in [3.05, 3.63) is 56.2 Å². The summed E-state index contributed by atoms with van der Waals surface area (Å²) in [5.74, 6) is 0.132. The van der Waals surface area contributed by atoms with Gasteiger partial charge < -0.3 is 9.84 Å². The Morgan fingerprint density at radius 3 is 2.85 bits per heavy atom. The monoisotopic (exact) mass is 387 g/mol. The van der Waals surface area contributed by atoms with Gasteiger partial charge in [0, 0.05) is 21.0 Å². The van der Waals surface area contributed by atoms with Crippen molar-refractivity contribution in [1.82, 2.24) is 15.5 Å². The lowest BCUT2D eigenvalue weighted by atomic mass is 9.96. The molecule has 0 radical (unpaired) electrons. The van der Waals surface area contributed by atoms with Crippen molar-refractivity contribution >= 4 is 28.8 Å². The van der Waals surface area contributed by atoms with E-state index in [4.69, 9.17) is 16.1 Å². The van der Waals surface area contributed by atoms with Crippen molar-refractivity contribution in [3.63, 3.8) is 0 Å². The Morgan fingerprint density at radius 2 is 2.04 bits per heavy atom. The van der Waals surface area contributed by atoms with E-state index >= 15 is 0 Å². The summed E-state index contributed by atoms with van der Waals surface area (Å²) in [4.78, 5) is 18.2. The molecule has 3 aromatic rings. The summed E-state index contributed by atoms with van der Waals surface area (Å²) in [6.07, 6.45) is 3.93. The van der Waals surface area contributed by atoms with Crippen LogP contribution in [-0.2, 0) is 19.4 Å². The van der Waals surface area contributed by atoms with Crippen molar-refractivity contribution in [2.75, 3.05) is 0 Å². The molecule has 7 heteroatoms. The van der Waals surface area contributed by atoms with Crippen molar-refractivity contribution < 1.29 is 9.32 Å². The molecule has 0 fully saturated rings. The fraction of sp³-hybridized carbons (Fsp3) is 0.316. The standard InChI is InChI=1S/C19H18ClN3O2S/c1-11-17(12-6-8-13(20)9-7-12)22-16(26-11)10-21-19(24)18-14-4-2-3-5-15(14)23-25-18/h6-9H,2-5,10H2,1H3,(H,21,24). The lowest BCUT2D eigenvalue weighted by Crippen LogP contribution is -2.23. The second kappa shape index (κ2) is 7.21. The summed E-state index contributed by atoms with van der Waals surface area (Å²) in [6.45, 7) is 2.40. The molecule has 0 atom stereocenters. The molecule has 0 unspecified atom stereocenters. The molecule has 1 aromatic carbocycles. The van der Waals surface area contributed by atoms with Gasteiger partial charge >= 0.3 is 0 Å². The average Bonchev–Trinajstić information content (AvgIpc) is 3.24. The van der Waals surface area contributed by atoms with Gasteiger partial charge in [0.2, 0.25) is 5.76 Å². The van der Waals surface area contributed by atoms with Gasteiger partial charge in [-0.25, -0.2) is 4.98 Å². The first kappa shape index (κ1) is 17.2. The highest BCUT2D eigenvalue weighted by Crippen LogP contribution is 2.29. The zero-order valence-corrected chi connectivity index (χ0v) is 15.9. The van der Waals surface area contributed by atoms with E-state index < -0.39 is 0 Å². The third kappa shape index (κ3) is 3.39. The van der Waals surface area contributed by atoms with Gasteiger partial charge in [0.05, 0.1) is 17.9 Å². The van der Waals surface area contributed by atoms with Crippen molar-refractivity contribution in [1.29, 1.82) is 0 Å². The summed E-state index contributed by atoms with van der Waals surface area (Å²) in [5.41, 5.74) is 3.83. The van der Waals surface area contributed by atoms with Gasteiger partial charge in [-0.15, -0.1) is 11.3 Å². The second-order valence-corrected chi connectivity index (χ2v) is 8.07. The molecule has 0 bridgehead atoms. The molecule has 1 aliphatic carbocycles. The summed E-state index contributed by atoms with van der Waals surface area (Å²) < 4.78 is 5.29. The lowest BCUT2D eigenvalue weighted by Gasteiger charge is -2.08. The van der Waals surface area contributed by atoms with Crippen LogP contribution in [0.15, 0.2) is 28.8 Å². The molecule has 4 rings (SSSR count). The Balaban J connectivity index is 1.47. The van der Waals surface area contributed by atoms with Gasteiger partial charge in [-0.2, -0.15) is 0 Å². The predicted molar refractivity (Wildman–Crippen MR) is 102 cm³/mol. The maximum absolute atomic E-state index is 12.5. The van der Waals surface area contributed by atoms with Gasteiger partial charge in [0.15, 0.2) is 0 Å². The Bertz CT molecular complexity index is 946. The smallest absolute Gasteiger partial charge is 0.290 e. The van der Waals surface area contributed by atoms with Crippen LogP contribution < -0.4 is 5.32 Å². The zero-order chi connectivity index (χ0) is 18.1. The van der Waals surface area contributed by atoms with Crippen LogP contribution in [0.5, 0.6) is 0 Å². The van der Waals surface area contributed by atoms with Crippen LogP contribution in [0, 0.1) is 6.92 Å². The van der Waals surface area contributed by atoms with Crippen LogP contribution >= 0.6 is 22.9 Å². The number of amides is 1. The highest BCUT2D eigenvalue weighted by Gasteiger charge is 2.24. The molecule has 0 saturated heterocycles. The van der Waals surface area contributed by atoms with E-state index in [1.54, 1.807) is 11.3 Å². The van der Waals surface area contributed by atoms with Crippen molar-refractivity contribution in [2.24, 2.45) is 0 Å². The third-order valence-electron chi connectivity index (χ3n) is 4.52. The molecule has 0 aliphatic heterocycles. The highest BCUT2D eigenvalue weighted by molar-refractivity contribution is 7.12. The molecule has 2 aromatic heterocycles. The Morgan fingerprint density at radius 1 is 1.27 bits per heavy atom. The van der Waals surface area contributed by atoms with Crippen LogP contribution in [0.3, 0.4) is 0 Å². The normalized spacial score (nSPS) is 13.5. The molecule has 0 spiro atoms. The van der Waals surface area contributed by atoms with Gasteiger partial charge in [-0.3, -0.25) is 4.79 Å². The minimum absolute atomic E-state index is 0.221. The van der Waals surface area contributed by atoms with E-state index in [-0.39, 0.29) is 5.91 Å². The largest absolute Gasteiger partial charge is 0.350 e. The number of fused-ring (bicyclic) bond motifs is 1. The van der Waals surface area contributed by atoms with E-state index in [1.165, 1.54) is 0 Å². The number of nitrogens with one attached hydrogen (secondary N) is 1. The molecule has 1 amide bonds. The zero-order valence-electron chi connectivity index (χ0n) is 14.3. The third-order valence-corrected chi connectivity index (χ3v) is 5.75. The van der Waals surface area contributed by atoms with E-state index in [2.05, 4.69) is 15.5 Å². The fourth-order valence-electron chi connectivity index (χ4n) is 3.21. The predicted octanol–water partition coefficient (Wildman–Crippen LogP) is 4.57. The van der Waals surface area contributed by atoms with Gasteiger partial charge in [0.1, 0.15) is 5.01 Å². The lowest BCUT2D eigenvalue weighted by molar-refractivity contribution is 0.0912. The van der Waals surface area contributed by atoms with Gasteiger partial charge in [0.25, 0.3) is 5.91 Å². The second-order valence-electron chi connectivity index (χ2n) is 6.35. The number of benzene rings is 1. The Kier molecular flexibility index (Phi) is 4.78. The van der Waals surface area contributed by atoms with E-state index in [1.807, 2.05) is 31.2 Å². The maximum Gasteiger partial charge on any atom is 0.290 e. The Hall–Kier alpha value is -2.18. The number of carbonyl (C=O) groups excluding carboxylic acids is 1. The molecule has 134 valence electrons. The van der Waals surface area contributed by atoms with Crippen molar-refractivity contribution in [2.45, 2.75) is 39.2 Å². The Labute approximate surface area is 160 Å². The molecule has 1 N–H and O–H groups in total. The van der Waals surface area contributed by atoms with E-state index in [0.717, 1.165) is 58.1 Å². The number of aromatic nitrogens is 2. The molecule has 2 heterocycles. The topological polar surface area (TPSA) is 68.0 Å². The van der Waals surface area contributed by atoms with E-state index in [0.29, 0.717) is 17.3 Å². The van der Waals surface area contributed by atoms with Crippen LogP contribution in [0.4, 0.5) is 0 Å². The first-order valence-corrected chi connectivity index (χ1v) is 9.79. The van der Waals surface area contributed by atoms with Crippen molar-refractivity contribution in [3.8, 4) is 11.3 Å². The fourth-order valence-corrected chi connectivity index (χ4v) is 4.23. The summed E-state index contributed by atoms with van der Waals surface area (Å²) >= 11 is 7.53. The molecular formula is C19H18ClN3O2S. The number of aryl methyl sites for hydroxylation is 2. The number of hydrogen-bond acceptors (Lipinski definition) is 5. The molecule has 26 heavy (non-hydrogen) atoms. The van der Waals surface area contributed by atoms with Crippen LogP contribution in [-0.4, -0.2) is 16.0 Å². The maximum atomic E-state index is 12.5. The first-order valence-electron chi connectivity index (χ1n) is 8.59. The number of rotatable bonds is 4. The minimum atomic E-state index is -0.221. The quantitative estimate of drug-likeness (QED) is 0.712. The number of hydrogen-bond donors (Lipinski definition) is 1. The SMILES string of the molecule is Cc1sc(CNC(=O)c2onc3c2CCCC3)nc1-c1ccc(Cl)cc1. The molecule has 0 saturated carbocycles. The average molecular weight is 388 g/mol. The summed E-state index contributed by atoms with van der Waals surface area (Å²) in [7, 11) is 0. The molecule has 1 aliphatic rings. The molecule has 5 nitrogen and oxygen atoms in total. The first-order chi connectivity index (χ1) is 12.6. The van der Waals surface area contributed by atoms with Gasteiger partial charge in [-0.1, -0.05) is 28.9 Å². The number of carbonyl (C=O) groups is 1. The molecular weight excluding hydrogens is 370 g/mol. The van der Waals surface area contributed by atoms with E-state index in [9.17, 15) is 4.79 Å². The van der Waals surface area contributed by atoms with Crippen LogP contribution in [0.2, 0.25) is 5.02 Å². The highest BCUT2D eigenvalue weighted by atomic mass is 35.5.